The number of amides is 1. The average Bonchev–Trinajstić information content (AvgIpc) is 2.68. The van der Waals surface area contributed by atoms with Crippen LogP contribution in [0.4, 0.5) is 5.69 Å². The molecule has 1 amide bonds. The Kier molecular flexibility index (Phi) is 5.82. The summed E-state index contributed by atoms with van der Waals surface area (Å²) in [4.78, 5) is 14.8. The number of piperidine rings is 1. The lowest BCUT2D eigenvalue weighted by Crippen LogP contribution is -2.45. The van der Waals surface area contributed by atoms with E-state index in [0.717, 1.165) is 19.4 Å². The van der Waals surface area contributed by atoms with Crippen molar-refractivity contribution in [1.82, 2.24) is 4.90 Å². The molecule has 1 saturated heterocycles. The Balaban J connectivity index is 1.69. The predicted octanol–water partition coefficient (Wildman–Crippen LogP) is 2.69. The maximum Gasteiger partial charge on any atom is 0.261 e. The number of nitrogens with one attached hydrogen (secondary N) is 1. The van der Waals surface area contributed by atoms with Crippen LogP contribution in [0.5, 0.6) is 0 Å². The van der Waals surface area contributed by atoms with E-state index in [0.29, 0.717) is 23.7 Å². The zero-order valence-electron chi connectivity index (χ0n) is 15.3. The van der Waals surface area contributed by atoms with Crippen LogP contribution in [0.15, 0.2) is 59.5 Å². The predicted molar refractivity (Wildman–Crippen MR) is 106 cm³/mol. The van der Waals surface area contributed by atoms with Crippen molar-refractivity contribution in [3.8, 4) is 0 Å². The van der Waals surface area contributed by atoms with Crippen LogP contribution >= 0.6 is 0 Å². The van der Waals surface area contributed by atoms with Crippen molar-refractivity contribution in [2.24, 2.45) is 11.7 Å². The molecular weight excluding hydrogens is 362 g/mol. The molecule has 1 heterocycles. The van der Waals surface area contributed by atoms with Crippen molar-refractivity contribution in [2.45, 2.75) is 30.7 Å². The van der Waals surface area contributed by atoms with Gasteiger partial charge in [-0.05, 0) is 62.1 Å². The fraction of sp³-hybridized carbons (Fsp3) is 0.350. The van der Waals surface area contributed by atoms with Gasteiger partial charge in [0.15, 0.2) is 0 Å². The van der Waals surface area contributed by atoms with Crippen LogP contribution in [0.1, 0.15) is 30.1 Å². The number of sulfonamides is 1. The standard InChI is InChI=1S/C20H25N3O3S/c1-15(21)17-6-5-13-23(14-17)20(24)16-9-11-18(12-10-16)22-27(25,26)19-7-3-2-4-8-19/h2-4,7-12,15,17,22H,5-6,13-14,21H2,1H3. The van der Waals surface area contributed by atoms with Crippen molar-refractivity contribution in [3.05, 3.63) is 60.2 Å². The third-order valence-electron chi connectivity index (χ3n) is 4.93. The number of nitrogens with two attached hydrogens (primary N) is 1. The molecule has 1 fully saturated rings. The second-order valence-electron chi connectivity index (χ2n) is 7.01. The van der Waals surface area contributed by atoms with E-state index in [-0.39, 0.29) is 16.8 Å². The Bertz CT molecular complexity index is 880. The summed E-state index contributed by atoms with van der Waals surface area (Å²) in [6.07, 6.45) is 1.99. The first kappa shape index (κ1) is 19.4. The molecule has 27 heavy (non-hydrogen) atoms. The number of anilines is 1. The number of hydrogen-bond donors (Lipinski definition) is 2. The average molecular weight is 388 g/mol. The third kappa shape index (κ3) is 4.67. The van der Waals surface area contributed by atoms with Crippen LogP contribution in [-0.2, 0) is 10.0 Å². The SMILES string of the molecule is CC(N)C1CCCN(C(=O)c2ccc(NS(=O)(=O)c3ccccc3)cc2)C1. The van der Waals surface area contributed by atoms with Gasteiger partial charge in [0.2, 0.25) is 0 Å². The van der Waals surface area contributed by atoms with E-state index in [1.54, 1.807) is 42.5 Å². The third-order valence-corrected chi connectivity index (χ3v) is 6.32. The molecule has 0 spiro atoms. The maximum absolute atomic E-state index is 12.7. The Morgan fingerprint density at radius 3 is 2.44 bits per heavy atom. The van der Waals surface area contributed by atoms with Crippen molar-refractivity contribution < 1.29 is 13.2 Å². The smallest absolute Gasteiger partial charge is 0.261 e. The molecule has 0 radical (unpaired) electrons. The van der Waals surface area contributed by atoms with Crippen molar-refractivity contribution in [3.63, 3.8) is 0 Å². The molecule has 3 rings (SSSR count). The lowest BCUT2D eigenvalue weighted by Gasteiger charge is -2.34. The second-order valence-corrected chi connectivity index (χ2v) is 8.69. The number of carbonyl (C=O) groups is 1. The molecule has 2 unspecified atom stereocenters. The lowest BCUT2D eigenvalue weighted by molar-refractivity contribution is 0.0661. The molecule has 144 valence electrons. The topological polar surface area (TPSA) is 92.5 Å². The minimum atomic E-state index is -3.64. The van der Waals surface area contributed by atoms with Gasteiger partial charge >= 0.3 is 0 Å². The Morgan fingerprint density at radius 2 is 1.81 bits per heavy atom. The lowest BCUT2D eigenvalue weighted by atomic mass is 9.92. The molecule has 2 aromatic rings. The molecule has 2 aromatic carbocycles. The number of benzene rings is 2. The molecule has 1 aliphatic rings. The summed E-state index contributed by atoms with van der Waals surface area (Å²) < 4.78 is 27.3. The highest BCUT2D eigenvalue weighted by Crippen LogP contribution is 2.22. The normalized spacial score (nSPS) is 18.7. The van der Waals surface area contributed by atoms with Gasteiger partial charge in [0.1, 0.15) is 0 Å². The van der Waals surface area contributed by atoms with Gasteiger partial charge in [0.05, 0.1) is 4.90 Å². The zero-order chi connectivity index (χ0) is 19.4. The number of likely N-dealkylation sites (tertiary alicyclic amines) is 1. The second kappa shape index (κ2) is 8.10. The molecule has 2 atom stereocenters. The highest BCUT2D eigenvalue weighted by atomic mass is 32.2. The van der Waals surface area contributed by atoms with Gasteiger partial charge in [-0.3, -0.25) is 9.52 Å². The van der Waals surface area contributed by atoms with Gasteiger partial charge in [-0.15, -0.1) is 0 Å². The minimum Gasteiger partial charge on any atom is -0.338 e. The number of carbonyl (C=O) groups excluding carboxylic acids is 1. The monoisotopic (exact) mass is 387 g/mol. The van der Waals surface area contributed by atoms with Crippen LogP contribution in [0.3, 0.4) is 0 Å². The summed E-state index contributed by atoms with van der Waals surface area (Å²) in [5.41, 5.74) is 6.96. The van der Waals surface area contributed by atoms with Crippen molar-refractivity contribution in [2.75, 3.05) is 17.8 Å². The summed E-state index contributed by atoms with van der Waals surface area (Å²) in [6.45, 7) is 3.37. The quantitative estimate of drug-likeness (QED) is 0.825. The number of hydrogen-bond acceptors (Lipinski definition) is 4. The molecular formula is C20H25N3O3S. The molecule has 7 heteroatoms. The summed E-state index contributed by atoms with van der Waals surface area (Å²) in [6, 6.07) is 14.8. The van der Waals surface area contributed by atoms with Crippen LogP contribution in [0, 0.1) is 5.92 Å². The number of nitrogens with zero attached hydrogens (tertiary/aromatic N) is 1. The van der Waals surface area contributed by atoms with E-state index >= 15 is 0 Å². The first-order chi connectivity index (χ1) is 12.9. The highest BCUT2D eigenvalue weighted by Gasteiger charge is 2.26. The van der Waals surface area contributed by atoms with E-state index in [1.165, 1.54) is 12.1 Å². The summed E-state index contributed by atoms with van der Waals surface area (Å²) in [5.74, 6) is 0.275. The summed E-state index contributed by atoms with van der Waals surface area (Å²) in [7, 11) is -3.64. The molecule has 0 aromatic heterocycles. The van der Waals surface area contributed by atoms with Crippen molar-refractivity contribution in [1.29, 1.82) is 0 Å². The largest absolute Gasteiger partial charge is 0.338 e. The van der Waals surface area contributed by atoms with Gasteiger partial charge in [-0.25, -0.2) is 8.42 Å². The van der Waals surface area contributed by atoms with E-state index in [9.17, 15) is 13.2 Å². The van der Waals surface area contributed by atoms with Gasteiger partial charge in [0, 0.05) is 30.4 Å². The summed E-state index contributed by atoms with van der Waals surface area (Å²) in [5, 5.41) is 0. The van der Waals surface area contributed by atoms with Gasteiger partial charge in [-0.1, -0.05) is 18.2 Å². The minimum absolute atomic E-state index is 0.0437. The van der Waals surface area contributed by atoms with E-state index in [2.05, 4.69) is 4.72 Å². The van der Waals surface area contributed by atoms with Crippen LogP contribution < -0.4 is 10.5 Å². The Hall–Kier alpha value is -2.38. The van der Waals surface area contributed by atoms with Gasteiger partial charge in [0.25, 0.3) is 15.9 Å². The molecule has 0 saturated carbocycles. The molecule has 3 N–H and O–H groups in total. The molecule has 6 nitrogen and oxygen atoms in total. The van der Waals surface area contributed by atoms with Crippen LogP contribution in [0.2, 0.25) is 0 Å². The van der Waals surface area contributed by atoms with Crippen LogP contribution in [0.25, 0.3) is 0 Å². The molecule has 0 aliphatic carbocycles. The van der Waals surface area contributed by atoms with E-state index in [1.807, 2.05) is 11.8 Å². The number of rotatable bonds is 5. The Labute approximate surface area is 160 Å². The van der Waals surface area contributed by atoms with E-state index < -0.39 is 10.0 Å². The first-order valence-corrected chi connectivity index (χ1v) is 10.6. The fourth-order valence-electron chi connectivity index (χ4n) is 3.30. The first-order valence-electron chi connectivity index (χ1n) is 9.09. The zero-order valence-corrected chi connectivity index (χ0v) is 16.2. The highest BCUT2D eigenvalue weighted by molar-refractivity contribution is 7.92. The van der Waals surface area contributed by atoms with Crippen LogP contribution in [-0.4, -0.2) is 38.4 Å². The Morgan fingerprint density at radius 1 is 1.15 bits per heavy atom. The van der Waals surface area contributed by atoms with Crippen molar-refractivity contribution >= 4 is 21.6 Å². The molecule has 0 bridgehead atoms. The molecule has 1 aliphatic heterocycles. The summed E-state index contributed by atoms with van der Waals surface area (Å²) >= 11 is 0. The van der Waals surface area contributed by atoms with Gasteiger partial charge in [-0.2, -0.15) is 0 Å². The van der Waals surface area contributed by atoms with Gasteiger partial charge < -0.3 is 10.6 Å². The maximum atomic E-state index is 12.7. The fourth-order valence-corrected chi connectivity index (χ4v) is 4.38. The van der Waals surface area contributed by atoms with E-state index in [4.69, 9.17) is 5.73 Å².